The van der Waals surface area contributed by atoms with E-state index < -0.39 is 0 Å². The summed E-state index contributed by atoms with van der Waals surface area (Å²) in [6.07, 6.45) is 2.09. The van der Waals surface area contributed by atoms with Gasteiger partial charge in [0, 0.05) is 19.4 Å². The summed E-state index contributed by atoms with van der Waals surface area (Å²) in [5.41, 5.74) is 7.63. The summed E-state index contributed by atoms with van der Waals surface area (Å²) in [6, 6.07) is 7.72. The average Bonchev–Trinajstić information content (AvgIpc) is 2.37. The molecule has 0 spiro atoms. The average molecular weight is 277 g/mol. The number of benzene rings is 1. The van der Waals surface area contributed by atoms with Gasteiger partial charge in [-0.1, -0.05) is 24.3 Å². The molecule has 1 aromatic carbocycles. The fraction of sp³-hybridized carbons (Fsp3) is 0.562. The van der Waals surface area contributed by atoms with Crippen LogP contribution >= 0.6 is 0 Å². The van der Waals surface area contributed by atoms with Crippen LogP contribution in [0.2, 0.25) is 0 Å². The van der Waals surface area contributed by atoms with Gasteiger partial charge in [-0.2, -0.15) is 0 Å². The fourth-order valence-electron chi connectivity index (χ4n) is 2.75. The SMILES string of the molecule is CC1CC(OC(=O)Cc2ccccc2CN)CC(C)O1. The lowest BCUT2D eigenvalue weighted by molar-refractivity contribution is -0.158. The lowest BCUT2D eigenvalue weighted by Crippen LogP contribution is -2.35. The monoisotopic (exact) mass is 277 g/mol. The largest absolute Gasteiger partial charge is 0.462 e. The standard InChI is InChI=1S/C16H23NO3/c1-11-7-15(8-12(2)19-11)20-16(18)9-13-5-3-4-6-14(13)10-17/h3-6,11-12,15H,7-10,17H2,1-2H3. The first-order chi connectivity index (χ1) is 9.58. The molecule has 0 bridgehead atoms. The van der Waals surface area contributed by atoms with Gasteiger partial charge in [-0.05, 0) is 25.0 Å². The number of esters is 1. The van der Waals surface area contributed by atoms with Crippen molar-refractivity contribution in [2.45, 2.75) is 58.0 Å². The Hall–Kier alpha value is -1.39. The summed E-state index contributed by atoms with van der Waals surface area (Å²) in [5, 5.41) is 0. The Morgan fingerprint density at radius 3 is 2.45 bits per heavy atom. The molecule has 1 aromatic rings. The van der Waals surface area contributed by atoms with Crippen LogP contribution in [0, 0.1) is 0 Å². The quantitative estimate of drug-likeness (QED) is 0.857. The summed E-state index contributed by atoms with van der Waals surface area (Å²) in [7, 11) is 0. The number of hydrogen-bond acceptors (Lipinski definition) is 4. The van der Waals surface area contributed by atoms with Crippen LogP contribution in [-0.2, 0) is 27.2 Å². The molecule has 2 unspecified atom stereocenters. The molecule has 2 rings (SSSR count). The number of rotatable bonds is 4. The zero-order valence-corrected chi connectivity index (χ0v) is 12.2. The van der Waals surface area contributed by atoms with Gasteiger partial charge in [-0.25, -0.2) is 0 Å². The minimum Gasteiger partial charge on any atom is -0.462 e. The molecule has 4 heteroatoms. The molecular formula is C16H23NO3. The molecule has 0 aromatic heterocycles. The minimum absolute atomic E-state index is 0.0358. The van der Waals surface area contributed by atoms with Gasteiger partial charge < -0.3 is 15.2 Å². The summed E-state index contributed by atoms with van der Waals surface area (Å²) in [6.45, 7) is 4.47. The third kappa shape index (κ3) is 4.05. The molecule has 1 aliphatic rings. The minimum atomic E-state index is -0.183. The third-order valence-corrected chi connectivity index (χ3v) is 3.63. The van der Waals surface area contributed by atoms with Crippen LogP contribution in [0.15, 0.2) is 24.3 Å². The number of carbonyl (C=O) groups is 1. The fourth-order valence-corrected chi connectivity index (χ4v) is 2.75. The van der Waals surface area contributed by atoms with Gasteiger partial charge in [0.2, 0.25) is 0 Å². The highest BCUT2D eigenvalue weighted by atomic mass is 16.6. The molecule has 0 amide bonds. The van der Waals surface area contributed by atoms with Crippen molar-refractivity contribution < 1.29 is 14.3 Å². The van der Waals surface area contributed by atoms with E-state index in [1.165, 1.54) is 0 Å². The van der Waals surface area contributed by atoms with E-state index in [0.717, 1.165) is 24.0 Å². The second-order valence-electron chi connectivity index (χ2n) is 5.49. The molecule has 110 valence electrons. The van der Waals surface area contributed by atoms with Crippen LogP contribution in [0.25, 0.3) is 0 Å². The summed E-state index contributed by atoms with van der Waals surface area (Å²) in [5.74, 6) is -0.183. The van der Waals surface area contributed by atoms with Crippen LogP contribution < -0.4 is 5.73 Å². The maximum Gasteiger partial charge on any atom is 0.310 e. The van der Waals surface area contributed by atoms with Crippen molar-refractivity contribution in [3.63, 3.8) is 0 Å². The highest BCUT2D eigenvalue weighted by Gasteiger charge is 2.27. The maximum absolute atomic E-state index is 12.1. The van der Waals surface area contributed by atoms with Gasteiger partial charge >= 0.3 is 5.97 Å². The highest BCUT2D eigenvalue weighted by molar-refractivity contribution is 5.73. The van der Waals surface area contributed by atoms with Crippen LogP contribution in [0.1, 0.15) is 37.8 Å². The molecule has 0 aliphatic carbocycles. The van der Waals surface area contributed by atoms with E-state index in [2.05, 4.69) is 0 Å². The maximum atomic E-state index is 12.1. The number of carbonyl (C=O) groups excluding carboxylic acids is 1. The topological polar surface area (TPSA) is 61.5 Å². The number of hydrogen-bond donors (Lipinski definition) is 1. The van der Waals surface area contributed by atoms with Crippen LogP contribution in [0.3, 0.4) is 0 Å². The molecule has 4 nitrogen and oxygen atoms in total. The Morgan fingerprint density at radius 1 is 1.25 bits per heavy atom. The van der Waals surface area contributed by atoms with Crippen molar-refractivity contribution in [1.29, 1.82) is 0 Å². The molecule has 0 saturated carbocycles. The first-order valence-electron chi connectivity index (χ1n) is 7.20. The molecule has 20 heavy (non-hydrogen) atoms. The van der Waals surface area contributed by atoms with E-state index in [1.54, 1.807) is 0 Å². The molecule has 1 heterocycles. The smallest absolute Gasteiger partial charge is 0.310 e. The molecule has 1 fully saturated rings. The van der Waals surface area contributed by atoms with Crippen LogP contribution in [0.4, 0.5) is 0 Å². The second-order valence-corrected chi connectivity index (χ2v) is 5.49. The van der Waals surface area contributed by atoms with Crippen LogP contribution in [-0.4, -0.2) is 24.3 Å². The van der Waals surface area contributed by atoms with Gasteiger partial charge in [-0.15, -0.1) is 0 Å². The van der Waals surface area contributed by atoms with Crippen molar-refractivity contribution in [3.05, 3.63) is 35.4 Å². The Morgan fingerprint density at radius 2 is 1.85 bits per heavy atom. The highest BCUT2D eigenvalue weighted by Crippen LogP contribution is 2.22. The van der Waals surface area contributed by atoms with Crippen molar-refractivity contribution in [2.75, 3.05) is 0 Å². The van der Waals surface area contributed by atoms with Gasteiger partial charge in [0.15, 0.2) is 0 Å². The number of ether oxygens (including phenoxy) is 2. The van der Waals surface area contributed by atoms with E-state index in [9.17, 15) is 4.79 Å². The van der Waals surface area contributed by atoms with E-state index in [-0.39, 0.29) is 30.7 Å². The van der Waals surface area contributed by atoms with E-state index >= 15 is 0 Å². The Kier molecular flexibility index (Phi) is 5.15. The van der Waals surface area contributed by atoms with Crippen LogP contribution in [0.5, 0.6) is 0 Å². The lowest BCUT2D eigenvalue weighted by Gasteiger charge is -2.31. The van der Waals surface area contributed by atoms with Crippen molar-refractivity contribution in [1.82, 2.24) is 0 Å². The van der Waals surface area contributed by atoms with Gasteiger partial charge in [-0.3, -0.25) is 4.79 Å². The molecule has 1 aliphatic heterocycles. The lowest BCUT2D eigenvalue weighted by atomic mass is 10.0. The molecular weight excluding hydrogens is 254 g/mol. The zero-order valence-electron chi connectivity index (χ0n) is 12.2. The van der Waals surface area contributed by atoms with Gasteiger partial charge in [0.25, 0.3) is 0 Å². The normalized spacial score (nSPS) is 26.2. The van der Waals surface area contributed by atoms with E-state index in [0.29, 0.717) is 6.54 Å². The Labute approximate surface area is 120 Å². The predicted octanol–water partition coefficient (Wildman–Crippen LogP) is 2.19. The Bertz CT molecular complexity index is 451. The molecule has 1 saturated heterocycles. The van der Waals surface area contributed by atoms with E-state index in [1.807, 2.05) is 38.1 Å². The molecule has 2 N–H and O–H groups in total. The first kappa shape index (κ1) is 15.0. The van der Waals surface area contributed by atoms with Crippen molar-refractivity contribution in [3.8, 4) is 0 Å². The second kappa shape index (κ2) is 6.86. The predicted molar refractivity (Wildman–Crippen MR) is 77.2 cm³/mol. The van der Waals surface area contributed by atoms with Gasteiger partial charge in [0.05, 0.1) is 18.6 Å². The molecule has 0 radical (unpaired) electrons. The summed E-state index contributed by atoms with van der Waals surface area (Å²) in [4.78, 5) is 12.1. The molecule has 2 atom stereocenters. The van der Waals surface area contributed by atoms with E-state index in [4.69, 9.17) is 15.2 Å². The Balaban J connectivity index is 1.92. The zero-order chi connectivity index (χ0) is 14.5. The summed E-state index contributed by atoms with van der Waals surface area (Å²) >= 11 is 0. The summed E-state index contributed by atoms with van der Waals surface area (Å²) < 4.78 is 11.2. The van der Waals surface area contributed by atoms with Gasteiger partial charge in [0.1, 0.15) is 6.10 Å². The number of nitrogens with two attached hydrogens (primary N) is 1. The van der Waals surface area contributed by atoms with Crippen molar-refractivity contribution in [2.24, 2.45) is 5.73 Å². The van der Waals surface area contributed by atoms with Crippen molar-refractivity contribution >= 4 is 5.97 Å². The third-order valence-electron chi connectivity index (χ3n) is 3.63. The first-order valence-corrected chi connectivity index (χ1v) is 7.20.